The average molecular weight is 381 g/mol. The molecular weight excluding hydrogens is 366 g/mol. The van der Waals surface area contributed by atoms with E-state index in [0.717, 1.165) is 22.2 Å². The van der Waals surface area contributed by atoms with Gasteiger partial charge >= 0.3 is 0 Å². The van der Waals surface area contributed by atoms with Crippen LogP contribution in [0.4, 0.5) is 0 Å². The summed E-state index contributed by atoms with van der Waals surface area (Å²) in [4.78, 5) is 25.2. The predicted molar refractivity (Wildman–Crippen MR) is 99.1 cm³/mol. The molecule has 0 N–H and O–H groups in total. The Hall–Kier alpha value is -1.63. The number of nitrogens with zero attached hydrogens (tertiary/aromatic N) is 1. The second-order valence-electron chi connectivity index (χ2n) is 5.12. The first-order valence-electron chi connectivity index (χ1n) is 7.34. The average Bonchev–Trinajstić information content (AvgIpc) is 2.80. The quantitative estimate of drug-likeness (QED) is 0.561. The van der Waals surface area contributed by atoms with Crippen LogP contribution >= 0.6 is 35.6 Å². The fourth-order valence-corrected chi connectivity index (χ4v) is 3.90. The Labute approximate surface area is 155 Å². The van der Waals surface area contributed by atoms with Crippen LogP contribution in [0.5, 0.6) is 0 Å². The third-order valence-electron chi connectivity index (χ3n) is 3.34. The molecule has 1 aliphatic rings. The summed E-state index contributed by atoms with van der Waals surface area (Å²) in [6.07, 6.45) is 4.11. The molecule has 0 aromatic heterocycles. The van der Waals surface area contributed by atoms with Crippen molar-refractivity contribution in [3.63, 3.8) is 0 Å². The number of benzene rings is 1. The fraction of sp³-hybridized carbons (Fsp3) is 0.235. The molecular formula is C17H15ClNO3S2-. The molecule has 1 aromatic rings. The minimum Gasteiger partial charge on any atom is -0.548 e. The lowest BCUT2D eigenvalue weighted by Crippen LogP contribution is -2.49. The van der Waals surface area contributed by atoms with E-state index in [1.807, 2.05) is 37.3 Å². The monoisotopic (exact) mass is 380 g/mol. The fourth-order valence-electron chi connectivity index (χ4n) is 2.25. The van der Waals surface area contributed by atoms with Crippen molar-refractivity contribution in [1.29, 1.82) is 0 Å². The molecule has 0 saturated carbocycles. The van der Waals surface area contributed by atoms with Gasteiger partial charge in [-0.3, -0.25) is 9.69 Å². The molecule has 7 heteroatoms. The van der Waals surface area contributed by atoms with Crippen LogP contribution in [0.25, 0.3) is 6.08 Å². The number of halogens is 1. The Bertz CT molecular complexity index is 716. The van der Waals surface area contributed by atoms with E-state index in [1.54, 1.807) is 6.08 Å². The van der Waals surface area contributed by atoms with Gasteiger partial charge in [-0.15, -0.1) is 0 Å². The summed E-state index contributed by atoms with van der Waals surface area (Å²) in [5, 5.41) is 11.7. The van der Waals surface area contributed by atoms with E-state index < -0.39 is 17.9 Å². The second kappa shape index (κ2) is 8.46. The molecule has 1 aromatic carbocycles. The first kappa shape index (κ1) is 18.7. The SMILES string of the molecule is CCC[C@@H](C(=O)[O-])N1C(=O)/C(=C/C(Cl)=C/c2ccccc2)SC1=S. The summed E-state index contributed by atoms with van der Waals surface area (Å²) in [6.45, 7) is 1.84. The van der Waals surface area contributed by atoms with Crippen molar-refractivity contribution in [1.82, 2.24) is 4.90 Å². The molecule has 1 atom stereocenters. The maximum Gasteiger partial charge on any atom is 0.266 e. The van der Waals surface area contributed by atoms with Gasteiger partial charge in [0.2, 0.25) is 0 Å². The normalized spacial score (nSPS) is 18.3. The van der Waals surface area contributed by atoms with Gasteiger partial charge in [-0.2, -0.15) is 0 Å². The van der Waals surface area contributed by atoms with Gasteiger partial charge < -0.3 is 9.90 Å². The van der Waals surface area contributed by atoms with Gasteiger partial charge in [0.25, 0.3) is 5.91 Å². The smallest absolute Gasteiger partial charge is 0.266 e. The molecule has 4 nitrogen and oxygen atoms in total. The maximum absolute atomic E-state index is 12.5. The van der Waals surface area contributed by atoms with Crippen LogP contribution in [0.1, 0.15) is 25.3 Å². The molecule has 1 heterocycles. The van der Waals surface area contributed by atoms with Gasteiger partial charge in [-0.25, -0.2) is 0 Å². The lowest BCUT2D eigenvalue weighted by atomic mass is 10.1. The van der Waals surface area contributed by atoms with Crippen LogP contribution in [0.3, 0.4) is 0 Å². The summed E-state index contributed by atoms with van der Waals surface area (Å²) in [5.41, 5.74) is 0.896. The number of aliphatic carboxylic acids is 1. The van der Waals surface area contributed by atoms with Crippen molar-refractivity contribution >= 4 is 57.9 Å². The zero-order chi connectivity index (χ0) is 17.7. The Kier molecular flexibility index (Phi) is 6.60. The molecule has 2 rings (SSSR count). The summed E-state index contributed by atoms with van der Waals surface area (Å²) < 4.78 is 0.207. The van der Waals surface area contributed by atoms with Gasteiger partial charge in [0.05, 0.1) is 16.9 Å². The van der Waals surface area contributed by atoms with Gasteiger partial charge in [0, 0.05) is 5.03 Å². The minimum atomic E-state index is -1.31. The highest BCUT2D eigenvalue weighted by molar-refractivity contribution is 8.26. The van der Waals surface area contributed by atoms with Crippen molar-refractivity contribution in [3.05, 3.63) is 51.9 Å². The number of hydrogen-bond donors (Lipinski definition) is 0. The number of hydrogen-bond acceptors (Lipinski definition) is 5. The van der Waals surface area contributed by atoms with Crippen molar-refractivity contribution < 1.29 is 14.7 Å². The first-order valence-corrected chi connectivity index (χ1v) is 8.94. The van der Waals surface area contributed by atoms with Gasteiger partial charge in [0.15, 0.2) is 0 Å². The van der Waals surface area contributed by atoms with Crippen molar-refractivity contribution in [2.24, 2.45) is 0 Å². The summed E-state index contributed by atoms with van der Waals surface area (Å²) >= 11 is 12.4. The Balaban J connectivity index is 2.24. The summed E-state index contributed by atoms with van der Waals surface area (Å²) in [5.74, 6) is -1.76. The molecule has 0 bridgehead atoms. The highest BCUT2D eigenvalue weighted by Gasteiger charge is 2.37. The summed E-state index contributed by atoms with van der Waals surface area (Å²) in [7, 11) is 0. The third kappa shape index (κ3) is 4.47. The van der Waals surface area contributed by atoms with Gasteiger partial charge in [-0.1, -0.05) is 79.3 Å². The van der Waals surface area contributed by atoms with Crippen molar-refractivity contribution in [3.8, 4) is 0 Å². The third-order valence-corrected chi connectivity index (χ3v) is 4.89. The topological polar surface area (TPSA) is 60.4 Å². The van der Waals surface area contributed by atoms with Crippen LogP contribution in [-0.2, 0) is 9.59 Å². The van der Waals surface area contributed by atoms with Crippen molar-refractivity contribution in [2.75, 3.05) is 0 Å². The van der Waals surface area contributed by atoms with E-state index >= 15 is 0 Å². The predicted octanol–water partition coefficient (Wildman–Crippen LogP) is 2.93. The molecule has 1 saturated heterocycles. The largest absolute Gasteiger partial charge is 0.548 e. The summed E-state index contributed by atoms with van der Waals surface area (Å²) in [6, 6.07) is 8.37. The molecule has 0 radical (unpaired) electrons. The number of thioether (sulfide) groups is 1. The Morgan fingerprint density at radius 1 is 1.42 bits per heavy atom. The number of allylic oxidation sites excluding steroid dienone is 2. The van der Waals surface area contributed by atoms with Crippen LogP contribution in [-0.4, -0.2) is 27.1 Å². The Morgan fingerprint density at radius 2 is 2.08 bits per heavy atom. The molecule has 0 aliphatic carbocycles. The van der Waals surface area contributed by atoms with E-state index in [0.29, 0.717) is 16.4 Å². The van der Waals surface area contributed by atoms with E-state index in [4.69, 9.17) is 23.8 Å². The molecule has 1 aliphatic heterocycles. The van der Waals surface area contributed by atoms with E-state index in [9.17, 15) is 14.7 Å². The van der Waals surface area contributed by atoms with Crippen molar-refractivity contribution in [2.45, 2.75) is 25.8 Å². The number of amides is 1. The highest BCUT2D eigenvalue weighted by Crippen LogP contribution is 2.34. The zero-order valence-electron chi connectivity index (χ0n) is 12.9. The van der Waals surface area contributed by atoms with E-state index in [1.165, 1.54) is 6.08 Å². The highest BCUT2D eigenvalue weighted by atomic mass is 35.5. The number of rotatable bonds is 6. The molecule has 0 spiro atoms. The minimum absolute atomic E-state index is 0.207. The number of carbonyl (C=O) groups excluding carboxylic acids is 2. The molecule has 24 heavy (non-hydrogen) atoms. The first-order chi connectivity index (χ1) is 11.4. The molecule has 126 valence electrons. The van der Waals surface area contributed by atoms with Crippen LogP contribution in [0.2, 0.25) is 0 Å². The number of carboxylic acid groups (broad SMARTS) is 1. The standard InChI is InChI=1S/C17H16ClNO3S2/c1-2-6-13(16(21)22)19-15(20)14(24-17(19)23)10-12(18)9-11-7-4-3-5-8-11/h3-5,7-10,13H,2,6H2,1H3,(H,21,22)/p-1/b12-9-,14-10-/t13-/m0/s1. The lowest BCUT2D eigenvalue weighted by molar-refractivity contribution is -0.310. The number of thiocarbonyl (C=S) groups is 1. The lowest BCUT2D eigenvalue weighted by Gasteiger charge is -2.27. The Morgan fingerprint density at radius 3 is 2.67 bits per heavy atom. The zero-order valence-corrected chi connectivity index (χ0v) is 15.3. The number of carbonyl (C=O) groups is 2. The molecule has 1 amide bonds. The van der Waals surface area contributed by atoms with Gasteiger partial charge in [0.1, 0.15) is 4.32 Å². The second-order valence-corrected chi connectivity index (χ2v) is 7.23. The van der Waals surface area contributed by atoms with Crippen LogP contribution < -0.4 is 5.11 Å². The molecule has 0 unspecified atom stereocenters. The maximum atomic E-state index is 12.5. The van der Waals surface area contributed by atoms with Crippen LogP contribution in [0.15, 0.2) is 46.3 Å². The van der Waals surface area contributed by atoms with E-state index in [-0.39, 0.29) is 10.7 Å². The van der Waals surface area contributed by atoms with Crippen LogP contribution in [0, 0.1) is 0 Å². The van der Waals surface area contributed by atoms with Gasteiger partial charge in [-0.05, 0) is 24.1 Å². The number of carboxylic acids is 1. The molecule has 1 fully saturated rings. The van der Waals surface area contributed by atoms with E-state index in [2.05, 4.69) is 0 Å².